The van der Waals surface area contributed by atoms with Gasteiger partial charge < -0.3 is 10.7 Å². The lowest BCUT2D eigenvalue weighted by atomic mass is 10.1. The predicted octanol–water partition coefficient (Wildman–Crippen LogP) is 3.24. The second kappa shape index (κ2) is 4.28. The molecule has 1 aromatic carbocycles. The number of fused-ring (bicyclic) bond motifs is 1. The molecule has 3 nitrogen and oxygen atoms in total. The predicted molar refractivity (Wildman–Crippen MR) is 62.9 cm³/mol. The molecule has 0 spiro atoms. The molecule has 0 aliphatic carbocycles. The van der Waals surface area contributed by atoms with Crippen LogP contribution in [0.4, 0.5) is 13.2 Å². The molecule has 0 saturated heterocycles. The average molecular weight is 257 g/mol. The maximum Gasteiger partial charge on any atom is 0.416 e. The molecule has 0 aliphatic rings. The van der Waals surface area contributed by atoms with Crippen molar-refractivity contribution in [1.82, 2.24) is 9.97 Å². The number of benzene rings is 1. The highest BCUT2D eigenvalue weighted by atomic mass is 19.4. The Morgan fingerprint density at radius 1 is 1.28 bits per heavy atom. The molecule has 0 fully saturated rings. The normalized spacial score (nSPS) is 14.4. The molecule has 0 saturated carbocycles. The van der Waals surface area contributed by atoms with Crippen molar-refractivity contribution >= 4 is 11.0 Å². The molecule has 2 aromatic rings. The maximum atomic E-state index is 12.6. The number of halogens is 3. The molecule has 18 heavy (non-hydrogen) atoms. The number of nitrogens with zero attached hydrogens (tertiary/aromatic N) is 1. The van der Waals surface area contributed by atoms with Gasteiger partial charge in [-0.15, -0.1) is 0 Å². The first kappa shape index (κ1) is 12.9. The van der Waals surface area contributed by atoms with E-state index in [9.17, 15) is 13.2 Å². The fraction of sp³-hybridized carbons (Fsp3) is 0.417. The summed E-state index contributed by atoms with van der Waals surface area (Å²) in [6.07, 6.45) is -4.35. The summed E-state index contributed by atoms with van der Waals surface area (Å²) in [6.45, 7) is 3.86. The number of aromatic amines is 1. The first-order valence-corrected chi connectivity index (χ1v) is 5.61. The number of imidazole rings is 1. The number of aromatic nitrogens is 2. The third-order valence-corrected chi connectivity index (χ3v) is 2.86. The van der Waals surface area contributed by atoms with E-state index in [1.807, 2.05) is 13.8 Å². The van der Waals surface area contributed by atoms with Crippen molar-refractivity contribution < 1.29 is 13.2 Å². The minimum absolute atomic E-state index is 0.160. The van der Waals surface area contributed by atoms with E-state index >= 15 is 0 Å². The summed E-state index contributed by atoms with van der Waals surface area (Å²) in [7, 11) is 0. The number of nitrogens with two attached hydrogens (primary N) is 1. The Labute approximate surface area is 102 Å². The molecule has 3 N–H and O–H groups in total. The van der Waals surface area contributed by atoms with Crippen molar-refractivity contribution in [2.24, 2.45) is 11.7 Å². The first-order valence-electron chi connectivity index (χ1n) is 5.61. The van der Waals surface area contributed by atoms with Crippen molar-refractivity contribution in [1.29, 1.82) is 0 Å². The van der Waals surface area contributed by atoms with Crippen LogP contribution in [0.25, 0.3) is 11.0 Å². The van der Waals surface area contributed by atoms with Crippen LogP contribution in [0.3, 0.4) is 0 Å². The Morgan fingerprint density at radius 2 is 1.94 bits per heavy atom. The Bertz CT molecular complexity index is 557. The van der Waals surface area contributed by atoms with Gasteiger partial charge in [-0.1, -0.05) is 13.8 Å². The minimum atomic E-state index is -4.35. The topological polar surface area (TPSA) is 54.7 Å². The molecule has 0 aliphatic heterocycles. The quantitative estimate of drug-likeness (QED) is 0.867. The molecule has 98 valence electrons. The number of hydrogen-bond donors (Lipinski definition) is 2. The van der Waals surface area contributed by atoms with Crippen LogP contribution in [0.15, 0.2) is 18.2 Å². The maximum absolute atomic E-state index is 12.6. The number of rotatable bonds is 2. The van der Waals surface area contributed by atoms with Gasteiger partial charge in [0.15, 0.2) is 0 Å². The summed E-state index contributed by atoms with van der Waals surface area (Å²) in [4.78, 5) is 7.06. The van der Waals surface area contributed by atoms with E-state index in [0.717, 1.165) is 12.1 Å². The van der Waals surface area contributed by atoms with Crippen LogP contribution >= 0.6 is 0 Å². The van der Waals surface area contributed by atoms with Gasteiger partial charge in [-0.05, 0) is 24.1 Å². The Morgan fingerprint density at radius 3 is 2.50 bits per heavy atom. The van der Waals surface area contributed by atoms with E-state index in [2.05, 4.69) is 9.97 Å². The summed E-state index contributed by atoms with van der Waals surface area (Å²) in [6, 6.07) is 3.12. The smallest absolute Gasteiger partial charge is 0.341 e. The van der Waals surface area contributed by atoms with Gasteiger partial charge in [0.1, 0.15) is 5.82 Å². The Balaban J connectivity index is 2.46. The van der Waals surface area contributed by atoms with Crippen LogP contribution in [-0.4, -0.2) is 9.97 Å². The lowest BCUT2D eigenvalue weighted by Gasteiger charge is -2.11. The molecular weight excluding hydrogens is 243 g/mol. The first-order chi connectivity index (χ1) is 8.29. The van der Waals surface area contributed by atoms with E-state index in [-0.39, 0.29) is 12.0 Å². The van der Waals surface area contributed by atoms with Gasteiger partial charge in [0, 0.05) is 0 Å². The Hall–Kier alpha value is -1.56. The highest BCUT2D eigenvalue weighted by Gasteiger charge is 2.30. The zero-order chi connectivity index (χ0) is 13.5. The Kier molecular flexibility index (Phi) is 3.06. The van der Waals surface area contributed by atoms with Crippen molar-refractivity contribution in [3.8, 4) is 0 Å². The number of nitrogens with one attached hydrogen (secondary N) is 1. The molecule has 2 rings (SSSR count). The number of alkyl halides is 3. The summed E-state index contributed by atoms with van der Waals surface area (Å²) >= 11 is 0. The lowest BCUT2D eigenvalue weighted by Crippen LogP contribution is -2.18. The molecule has 1 atom stereocenters. The van der Waals surface area contributed by atoms with Crippen molar-refractivity contribution in [2.75, 3.05) is 0 Å². The van der Waals surface area contributed by atoms with Crippen LogP contribution in [-0.2, 0) is 6.18 Å². The van der Waals surface area contributed by atoms with Crippen molar-refractivity contribution in [2.45, 2.75) is 26.1 Å². The highest BCUT2D eigenvalue weighted by Crippen LogP contribution is 2.31. The van der Waals surface area contributed by atoms with Crippen molar-refractivity contribution in [3.05, 3.63) is 29.6 Å². The number of H-pyrrole nitrogens is 1. The van der Waals surface area contributed by atoms with Gasteiger partial charge >= 0.3 is 6.18 Å². The standard InChI is InChI=1S/C12H14F3N3/c1-6(2)10(16)11-17-8-4-3-7(12(13,14)15)5-9(8)18-11/h3-6,10H,16H2,1-2H3,(H,17,18). The van der Waals surface area contributed by atoms with Crippen LogP contribution < -0.4 is 5.73 Å². The van der Waals surface area contributed by atoms with Gasteiger partial charge in [-0.25, -0.2) is 4.98 Å². The van der Waals surface area contributed by atoms with E-state index < -0.39 is 11.7 Å². The molecule has 6 heteroatoms. The third kappa shape index (κ3) is 2.33. The molecular formula is C12H14F3N3. The molecule has 0 radical (unpaired) electrons. The monoisotopic (exact) mass is 257 g/mol. The van der Waals surface area contributed by atoms with Crippen molar-refractivity contribution in [3.63, 3.8) is 0 Å². The summed E-state index contributed by atoms with van der Waals surface area (Å²) in [5, 5.41) is 0. The molecule has 1 heterocycles. The second-order valence-electron chi connectivity index (χ2n) is 4.62. The molecule has 0 bridgehead atoms. The minimum Gasteiger partial charge on any atom is -0.341 e. The van der Waals surface area contributed by atoms with E-state index in [4.69, 9.17) is 5.73 Å². The average Bonchev–Trinajstić information content (AvgIpc) is 2.68. The fourth-order valence-electron chi connectivity index (χ4n) is 1.68. The zero-order valence-electron chi connectivity index (χ0n) is 10.0. The SMILES string of the molecule is CC(C)C(N)c1nc2ccc(C(F)(F)F)cc2[nH]1. The molecule has 1 unspecified atom stereocenters. The summed E-state index contributed by atoms with van der Waals surface area (Å²) in [5.74, 6) is 0.673. The van der Waals surface area contributed by atoms with Crippen LogP contribution in [0, 0.1) is 5.92 Å². The fourth-order valence-corrected chi connectivity index (χ4v) is 1.68. The van der Waals surface area contributed by atoms with Crippen LogP contribution in [0.1, 0.15) is 31.3 Å². The highest BCUT2D eigenvalue weighted by molar-refractivity contribution is 5.76. The van der Waals surface area contributed by atoms with Gasteiger partial charge in [0.2, 0.25) is 0 Å². The zero-order valence-corrected chi connectivity index (χ0v) is 10.0. The van der Waals surface area contributed by atoms with Gasteiger partial charge in [0.05, 0.1) is 22.6 Å². The van der Waals surface area contributed by atoms with E-state index in [1.54, 1.807) is 0 Å². The number of hydrogen-bond acceptors (Lipinski definition) is 2. The third-order valence-electron chi connectivity index (χ3n) is 2.86. The van der Waals surface area contributed by atoms with Gasteiger partial charge in [-0.3, -0.25) is 0 Å². The largest absolute Gasteiger partial charge is 0.416 e. The van der Waals surface area contributed by atoms with Crippen LogP contribution in [0.5, 0.6) is 0 Å². The second-order valence-corrected chi connectivity index (χ2v) is 4.62. The van der Waals surface area contributed by atoms with E-state index in [0.29, 0.717) is 16.9 Å². The molecule has 0 amide bonds. The lowest BCUT2D eigenvalue weighted by molar-refractivity contribution is -0.137. The molecule has 1 aromatic heterocycles. The summed E-state index contributed by atoms with van der Waals surface area (Å²) in [5.41, 5.74) is 6.07. The van der Waals surface area contributed by atoms with E-state index in [1.165, 1.54) is 6.07 Å². The van der Waals surface area contributed by atoms with Gasteiger partial charge in [-0.2, -0.15) is 13.2 Å². The summed E-state index contributed by atoms with van der Waals surface area (Å²) < 4.78 is 37.7. The van der Waals surface area contributed by atoms with Crippen LogP contribution in [0.2, 0.25) is 0 Å². The van der Waals surface area contributed by atoms with Gasteiger partial charge in [0.25, 0.3) is 0 Å².